The molecule has 0 aromatic heterocycles. The number of primary amides is 1. The van der Waals surface area contributed by atoms with Crippen LogP contribution in [0.25, 0.3) is 0 Å². The lowest BCUT2D eigenvalue weighted by Gasteiger charge is -2.03. The van der Waals surface area contributed by atoms with E-state index in [1.54, 1.807) is 0 Å². The average molecular weight is 200 g/mol. The number of allylic oxidation sites excluding steroid dienone is 1. The SMILES string of the molecule is CC/C=C/CCNC(=O)OCC(N)=O. The van der Waals surface area contributed by atoms with E-state index in [0.717, 1.165) is 12.8 Å². The highest BCUT2D eigenvalue weighted by molar-refractivity contribution is 5.78. The van der Waals surface area contributed by atoms with Crippen molar-refractivity contribution in [2.24, 2.45) is 5.73 Å². The molecule has 0 aromatic carbocycles. The van der Waals surface area contributed by atoms with E-state index in [-0.39, 0.29) is 6.61 Å². The van der Waals surface area contributed by atoms with Crippen molar-refractivity contribution in [3.63, 3.8) is 0 Å². The molecule has 0 radical (unpaired) electrons. The van der Waals surface area contributed by atoms with Gasteiger partial charge in [-0.1, -0.05) is 19.1 Å². The molecule has 2 amide bonds. The summed E-state index contributed by atoms with van der Waals surface area (Å²) in [5.74, 6) is -0.661. The highest BCUT2D eigenvalue weighted by Gasteiger charge is 2.01. The molecule has 0 spiro atoms. The summed E-state index contributed by atoms with van der Waals surface area (Å²) in [4.78, 5) is 21.0. The number of rotatable bonds is 6. The summed E-state index contributed by atoms with van der Waals surface area (Å²) >= 11 is 0. The van der Waals surface area contributed by atoms with E-state index in [9.17, 15) is 9.59 Å². The molecular formula is C9H16N2O3. The van der Waals surface area contributed by atoms with Gasteiger partial charge >= 0.3 is 6.09 Å². The third kappa shape index (κ3) is 8.58. The van der Waals surface area contributed by atoms with Crippen molar-refractivity contribution in [2.45, 2.75) is 19.8 Å². The molecule has 0 aliphatic rings. The van der Waals surface area contributed by atoms with Gasteiger partial charge in [0.2, 0.25) is 0 Å². The second-order valence-corrected chi connectivity index (χ2v) is 2.64. The molecule has 14 heavy (non-hydrogen) atoms. The van der Waals surface area contributed by atoms with Crippen LogP contribution in [-0.2, 0) is 9.53 Å². The standard InChI is InChI=1S/C9H16N2O3/c1-2-3-4-5-6-11-9(13)14-7-8(10)12/h3-4H,2,5-7H2,1H3,(H2,10,12)(H,11,13)/b4-3+. The molecular weight excluding hydrogens is 184 g/mol. The van der Waals surface area contributed by atoms with E-state index < -0.39 is 12.0 Å². The topological polar surface area (TPSA) is 81.4 Å². The van der Waals surface area contributed by atoms with Crippen LogP contribution in [0.15, 0.2) is 12.2 Å². The molecule has 0 atom stereocenters. The summed E-state index contributed by atoms with van der Waals surface area (Å²) in [6.45, 7) is 2.15. The maximum Gasteiger partial charge on any atom is 0.407 e. The first-order valence-electron chi connectivity index (χ1n) is 4.50. The van der Waals surface area contributed by atoms with Crippen molar-refractivity contribution in [3.8, 4) is 0 Å². The van der Waals surface area contributed by atoms with Gasteiger partial charge in [0.25, 0.3) is 5.91 Å². The van der Waals surface area contributed by atoms with Gasteiger partial charge in [-0.2, -0.15) is 0 Å². The Balaban J connectivity index is 3.35. The first-order valence-corrected chi connectivity index (χ1v) is 4.50. The van der Waals surface area contributed by atoms with Crippen LogP contribution in [0.5, 0.6) is 0 Å². The number of carbonyl (C=O) groups is 2. The predicted molar refractivity (Wildman–Crippen MR) is 52.6 cm³/mol. The molecule has 0 bridgehead atoms. The Morgan fingerprint density at radius 2 is 2.14 bits per heavy atom. The van der Waals surface area contributed by atoms with Gasteiger partial charge < -0.3 is 15.8 Å². The third-order valence-corrected chi connectivity index (χ3v) is 1.33. The zero-order valence-corrected chi connectivity index (χ0v) is 8.29. The number of amides is 2. The minimum absolute atomic E-state index is 0.378. The fourth-order valence-corrected chi connectivity index (χ4v) is 0.730. The van der Waals surface area contributed by atoms with Crippen LogP contribution in [0, 0.1) is 0 Å². The summed E-state index contributed by atoms with van der Waals surface area (Å²) in [6.07, 6.45) is 5.09. The van der Waals surface area contributed by atoms with Crippen LogP contribution in [0.3, 0.4) is 0 Å². The van der Waals surface area contributed by atoms with Gasteiger partial charge in [0.05, 0.1) is 0 Å². The van der Waals surface area contributed by atoms with Crippen LogP contribution in [0.4, 0.5) is 4.79 Å². The number of hydrogen-bond acceptors (Lipinski definition) is 3. The first kappa shape index (κ1) is 12.5. The van der Waals surface area contributed by atoms with Crippen molar-refractivity contribution in [3.05, 3.63) is 12.2 Å². The maximum atomic E-state index is 10.8. The highest BCUT2D eigenvalue weighted by atomic mass is 16.6. The van der Waals surface area contributed by atoms with Gasteiger partial charge in [0, 0.05) is 6.54 Å². The van der Waals surface area contributed by atoms with Gasteiger partial charge in [-0.15, -0.1) is 0 Å². The molecule has 0 saturated heterocycles. The number of nitrogens with two attached hydrogens (primary N) is 1. The van der Waals surface area contributed by atoms with Gasteiger partial charge in [-0.05, 0) is 12.8 Å². The van der Waals surface area contributed by atoms with Crippen molar-refractivity contribution >= 4 is 12.0 Å². The Bertz CT molecular complexity index is 214. The summed E-state index contributed by atoms with van der Waals surface area (Å²) in [5, 5.41) is 2.48. The zero-order chi connectivity index (χ0) is 10.8. The fourth-order valence-electron chi connectivity index (χ4n) is 0.730. The number of hydrogen-bond donors (Lipinski definition) is 2. The van der Waals surface area contributed by atoms with Crippen LogP contribution in [-0.4, -0.2) is 25.2 Å². The lowest BCUT2D eigenvalue weighted by molar-refractivity contribution is -0.120. The van der Waals surface area contributed by atoms with Crippen molar-refractivity contribution in [1.82, 2.24) is 5.32 Å². The Kier molecular flexibility index (Phi) is 7.22. The molecule has 3 N–H and O–H groups in total. The zero-order valence-electron chi connectivity index (χ0n) is 8.29. The van der Waals surface area contributed by atoms with E-state index in [1.807, 2.05) is 19.1 Å². The monoisotopic (exact) mass is 200 g/mol. The van der Waals surface area contributed by atoms with E-state index >= 15 is 0 Å². The summed E-state index contributed by atoms with van der Waals surface area (Å²) in [5.41, 5.74) is 4.78. The molecule has 0 saturated carbocycles. The molecule has 5 nitrogen and oxygen atoms in total. The van der Waals surface area contributed by atoms with Crippen molar-refractivity contribution in [2.75, 3.05) is 13.2 Å². The van der Waals surface area contributed by atoms with Gasteiger partial charge in [-0.25, -0.2) is 4.79 Å². The molecule has 0 unspecified atom stereocenters. The van der Waals surface area contributed by atoms with E-state index in [4.69, 9.17) is 5.73 Å². The highest BCUT2D eigenvalue weighted by Crippen LogP contribution is 1.85. The normalized spacial score (nSPS) is 10.1. The molecule has 0 aliphatic heterocycles. The van der Waals surface area contributed by atoms with E-state index in [1.165, 1.54) is 0 Å². The number of alkyl carbamates (subject to hydrolysis) is 1. The molecule has 0 heterocycles. The molecule has 0 aromatic rings. The quantitative estimate of drug-likeness (QED) is 0.485. The lowest BCUT2D eigenvalue weighted by atomic mass is 10.3. The summed E-state index contributed by atoms with van der Waals surface area (Å²) in [7, 11) is 0. The fraction of sp³-hybridized carbons (Fsp3) is 0.556. The smallest absolute Gasteiger partial charge is 0.407 e. The molecule has 80 valence electrons. The third-order valence-electron chi connectivity index (χ3n) is 1.33. The average Bonchev–Trinajstić information content (AvgIpc) is 2.14. The lowest BCUT2D eigenvalue weighted by Crippen LogP contribution is -2.29. The molecule has 0 aliphatic carbocycles. The van der Waals surface area contributed by atoms with Crippen molar-refractivity contribution < 1.29 is 14.3 Å². The second-order valence-electron chi connectivity index (χ2n) is 2.64. The maximum absolute atomic E-state index is 10.8. The van der Waals surface area contributed by atoms with Crippen molar-refractivity contribution in [1.29, 1.82) is 0 Å². The minimum Gasteiger partial charge on any atom is -0.439 e. The van der Waals surface area contributed by atoms with Gasteiger partial charge in [0.1, 0.15) is 0 Å². The van der Waals surface area contributed by atoms with Crippen LogP contribution in [0.1, 0.15) is 19.8 Å². The molecule has 0 rings (SSSR count). The Morgan fingerprint density at radius 3 is 2.71 bits per heavy atom. The van der Waals surface area contributed by atoms with E-state index in [0.29, 0.717) is 6.54 Å². The summed E-state index contributed by atoms with van der Waals surface area (Å²) < 4.78 is 4.46. The number of ether oxygens (including phenoxy) is 1. The molecule has 5 heteroatoms. The van der Waals surface area contributed by atoms with Crippen LogP contribution in [0.2, 0.25) is 0 Å². The van der Waals surface area contributed by atoms with Crippen LogP contribution < -0.4 is 11.1 Å². The predicted octanol–water partition coefficient (Wildman–Crippen LogP) is 0.554. The van der Waals surface area contributed by atoms with Gasteiger partial charge in [0.15, 0.2) is 6.61 Å². The largest absolute Gasteiger partial charge is 0.439 e. The molecule has 0 fully saturated rings. The Morgan fingerprint density at radius 1 is 1.43 bits per heavy atom. The van der Waals surface area contributed by atoms with Crippen LogP contribution >= 0.6 is 0 Å². The summed E-state index contributed by atoms with van der Waals surface area (Å²) in [6, 6.07) is 0. The Labute approximate surface area is 83.3 Å². The minimum atomic E-state index is -0.661. The van der Waals surface area contributed by atoms with Gasteiger partial charge in [-0.3, -0.25) is 4.79 Å². The second kappa shape index (κ2) is 8.10. The number of carbonyl (C=O) groups excluding carboxylic acids is 2. The Hall–Kier alpha value is -1.52. The van der Waals surface area contributed by atoms with E-state index in [2.05, 4.69) is 10.1 Å². The first-order chi connectivity index (χ1) is 6.66. The number of nitrogens with one attached hydrogen (secondary N) is 1.